The first kappa shape index (κ1) is 13.0. The SMILES string of the molecule is O=C(NO)c1ccc2nc(-c3cc4ccccc4o3)sc2c1. The average Bonchev–Trinajstić information content (AvgIpc) is 3.16. The van der Waals surface area contributed by atoms with Gasteiger partial charge in [0.2, 0.25) is 0 Å². The molecule has 0 atom stereocenters. The van der Waals surface area contributed by atoms with Crippen LogP contribution in [0.1, 0.15) is 10.4 Å². The summed E-state index contributed by atoms with van der Waals surface area (Å²) < 4.78 is 6.67. The van der Waals surface area contributed by atoms with E-state index in [2.05, 4.69) is 4.98 Å². The Morgan fingerprint density at radius 1 is 1.18 bits per heavy atom. The highest BCUT2D eigenvalue weighted by Gasteiger charge is 2.13. The molecule has 0 saturated carbocycles. The summed E-state index contributed by atoms with van der Waals surface area (Å²) in [5, 5.41) is 10.5. The first-order valence-electron chi connectivity index (χ1n) is 6.58. The number of para-hydroxylation sites is 1. The maximum absolute atomic E-state index is 11.5. The molecule has 0 fully saturated rings. The zero-order valence-corrected chi connectivity index (χ0v) is 12.1. The summed E-state index contributed by atoms with van der Waals surface area (Å²) >= 11 is 1.44. The number of hydrogen-bond donors (Lipinski definition) is 2. The molecule has 2 aromatic carbocycles. The van der Waals surface area contributed by atoms with Gasteiger partial charge in [-0.25, -0.2) is 10.5 Å². The molecule has 0 aliphatic rings. The lowest BCUT2D eigenvalue weighted by molar-refractivity contribution is 0.0706. The quantitative estimate of drug-likeness (QED) is 0.436. The maximum Gasteiger partial charge on any atom is 0.274 e. The van der Waals surface area contributed by atoms with Crippen molar-refractivity contribution in [3.05, 3.63) is 54.1 Å². The number of aromatic nitrogens is 1. The van der Waals surface area contributed by atoms with Crippen LogP contribution in [-0.2, 0) is 0 Å². The van der Waals surface area contributed by atoms with Gasteiger partial charge in [-0.05, 0) is 30.3 Å². The van der Waals surface area contributed by atoms with Crippen LogP contribution in [-0.4, -0.2) is 16.1 Å². The van der Waals surface area contributed by atoms with Gasteiger partial charge in [0.05, 0.1) is 10.2 Å². The number of benzene rings is 2. The zero-order valence-electron chi connectivity index (χ0n) is 11.2. The molecular weight excluding hydrogens is 300 g/mol. The van der Waals surface area contributed by atoms with E-state index < -0.39 is 5.91 Å². The van der Waals surface area contributed by atoms with E-state index >= 15 is 0 Å². The molecule has 0 aliphatic carbocycles. The third kappa shape index (κ3) is 2.05. The van der Waals surface area contributed by atoms with Crippen molar-refractivity contribution in [3.8, 4) is 10.8 Å². The van der Waals surface area contributed by atoms with Crippen LogP contribution < -0.4 is 5.48 Å². The van der Waals surface area contributed by atoms with Crippen molar-refractivity contribution in [2.24, 2.45) is 0 Å². The normalized spacial score (nSPS) is 11.1. The number of furan rings is 1. The lowest BCUT2D eigenvalue weighted by Gasteiger charge is -1.96. The molecule has 4 aromatic rings. The molecule has 5 nitrogen and oxygen atoms in total. The van der Waals surface area contributed by atoms with Crippen LogP contribution >= 0.6 is 11.3 Å². The third-order valence-corrected chi connectivity index (χ3v) is 4.42. The number of hydrogen-bond acceptors (Lipinski definition) is 5. The molecule has 0 aliphatic heterocycles. The van der Waals surface area contributed by atoms with Crippen LogP contribution in [0.15, 0.2) is 52.9 Å². The Hall–Kier alpha value is -2.70. The summed E-state index contributed by atoms with van der Waals surface area (Å²) in [5.41, 5.74) is 3.62. The fraction of sp³-hybridized carbons (Fsp3) is 0. The molecular formula is C16H10N2O3S. The van der Waals surface area contributed by atoms with E-state index in [0.29, 0.717) is 11.3 Å². The second-order valence-electron chi connectivity index (χ2n) is 4.79. The lowest BCUT2D eigenvalue weighted by atomic mass is 10.2. The summed E-state index contributed by atoms with van der Waals surface area (Å²) in [6.07, 6.45) is 0. The molecule has 4 rings (SSSR count). The Kier molecular flexibility index (Phi) is 2.92. The minimum Gasteiger partial charge on any atom is -0.454 e. The van der Waals surface area contributed by atoms with Crippen molar-refractivity contribution >= 4 is 38.4 Å². The van der Waals surface area contributed by atoms with Crippen LogP contribution in [0, 0.1) is 0 Å². The predicted octanol–water partition coefficient (Wildman–Crippen LogP) is 3.83. The van der Waals surface area contributed by atoms with E-state index in [1.54, 1.807) is 23.7 Å². The topological polar surface area (TPSA) is 75.4 Å². The summed E-state index contributed by atoms with van der Waals surface area (Å²) in [5.74, 6) is 0.163. The van der Waals surface area contributed by atoms with Gasteiger partial charge in [0.15, 0.2) is 10.8 Å². The molecule has 2 N–H and O–H groups in total. The summed E-state index contributed by atoms with van der Waals surface area (Å²) in [4.78, 5) is 16.0. The number of amides is 1. The highest BCUT2D eigenvalue weighted by atomic mass is 32.1. The van der Waals surface area contributed by atoms with E-state index in [-0.39, 0.29) is 0 Å². The number of fused-ring (bicyclic) bond motifs is 2. The van der Waals surface area contributed by atoms with Crippen LogP contribution in [0.3, 0.4) is 0 Å². The standard InChI is InChI=1S/C16H10N2O3S/c19-15(18-20)10-5-6-11-14(8-10)22-16(17-11)13-7-9-3-1-2-4-12(9)21-13/h1-8,20H,(H,18,19). The molecule has 0 saturated heterocycles. The summed E-state index contributed by atoms with van der Waals surface area (Å²) in [7, 11) is 0. The smallest absolute Gasteiger partial charge is 0.274 e. The largest absolute Gasteiger partial charge is 0.454 e. The Morgan fingerprint density at radius 2 is 2.05 bits per heavy atom. The molecule has 1 amide bonds. The van der Waals surface area contributed by atoms with E-state index in [0.717, 1.165) is 26.2 Å². The van der Waals surface area contributed by atoms with Crippen LogP contribution in [0.2, 0.25) is 0 Å². The van der Waals surface area contributed by atoms with Crippen LogP contribution in [0.25, 0.3) is 32.0 Å². The Labute approximate surface area is 128 Å². The lowest BCUT2D eigenvalue weighted by Crippen LogP contribution is -2.18. The molecule has 0 unspecified atom stereocenters. The molecule has 6 heteroatoms. The van der Waals surface area contributed by atoms with Gasteiger partial charge in [-0.15, -0.1) is 11.3 Å². The fourth-order valence-electron chi connectivity index (χ4n) is 2.32. The maximum atomic E-state index is 11.5. The van der Waals surface area contributed by atoms with Crippen molar-refractivity contribution in [2.45, 2.75) is 0 Å². The van der Waals surface area contributed by atoms with E-state index in [9.17, 15) is 4.79 Å². The van der Waals surface area contributed by atoms with E-state index in [4.69, 9.17) is 9.62 Å². The Bertz CT molecular complexity index is 970. The molecule has 108 valence electrons. The minimum atomic E-state index is -0.541. The van der Waals surface area contributed by atoms with Gasteiger partial charge in [-0.1, -0.05) is 18.2 Å². The summed E-state index contributed by atoms with van der Waals surface area (Å²) in [6, 6.07) is 14.8. The van der Waals surface area contributed by atoms with Crippen molar-refractivity contribution in [3.63, 3.8) is 0 Å². The second kappa shape index (κ2) is 4.94. The van der Waals surface area contributed by atoms with Gasteiger partial charge >= 0.3 is 0 Å². The molecule has 0 spiro atoms. The first-order valence-corrected chi connectivity index (χ1v) is 7.40. The monoisotopic (exact) mass is 310 g/mol. The second-order valence-corrected chi connectivity index (χ2v) is 5.82. The number of nitrogens with one attached hydrogen (secondary N) is 1. The number of carbonyl (C=O) groups excluding carboxylic acids is 1. The molecule has 2 heterocycles. The Balaban J connectivity index is 1.83. The van der Waals surface area contributed by atoms with Gasteiger partial charge in [0, 0.05) is 10.9 Å². The van der Waals surface area contributed by atoms with Crippen molar-refractivity contribution in [1.82, 2.24) is 10.5 Å². The van der Waals surface area contributed by atoms with Crippen molar-refractivity contribution < 1.29 is 14.4 Å². The number of carbonyl (C=O) groups is 1. The van der Waals surface area contributed by atoms with Gasteiger partial charge < -0.3 is 4.42 Å². The van der Waals surface area contributed by atoms with Gasteiger partial charge in [-0.2, -0.15) is 0 Å². The first-order chi connectivity index (χ1) is 10.7. The van der Waals surface area contributed by atoms with Gasteiger partial charge in [-0.3, -0.25) is 10.0 Å². The van der Waals surface area contributed by atoms with Crippen LogP contribution in [0.4, 0.5) is 0 Å². The van der Waals surface area contributed by atoms with Crippen molar-refractivity contribution in [1.29, 1.82) is 0 Å². The third-order valence-electron chi connectivity index (χ3n) is 3.39. The van der Waals surface area contributed by atoms with E-state index in [1.807, 2.05) is 30.3 Å². The fourth-order valence-corrected chi connectivity index (χ4v) is 3.28. The highest BCUT2D eigenvalue weighted by molar-refractivity contribution is 7.21. The molecule has 0 bridgehead atoms. The number of thiazole rings is 1. The highest BCUT2D eigenvalue weighted by Crippen LogP contribution is 2.34. The summed E-state index contributed by atoms with van der Waals surface area (Å²) in [6.45, 7) is 0. The molecule has 22 heavy (non-hydrogen) atoms. The van der Waals surface area contributed by atoms with Crippen molar-refractivity contribution in [2.75, 3.05) is 0 Å². The molecule has 0 radical (unpaired) electrons. The minimum absolute atomic E-state index is 0.384. The zero-order chi connectivity index (χ0) is 15.1. The Morgan fingerprint density at radius 3 is 2.86 bits per heavy atom. The number of nitrogens with zero attached hydrogens (tertiary/aromatic N) is 1. The predicted molar refractivity (Wildman–Crippen MR) is 84.1 cm³/mol. The van der Waals surface area contributed by atoms with E-state index in [1.165, 1.54) is 11.3 Å². The average molecular weight is 310 g/mol. The van der Waals surface area contributed by atoms with Gasteiger partial charge in [0.25, 0.3) is 5.91 Å². The molecule has 2 aromatic heterocycles. The van der Waals surface area contributed by atoms with Gasteiger partial charge in [0.1, 0.15) is 5.58 Å². The number of rotatable bonds is 2. The number of hydroxylamine groups is 1. The van der Waals surface area contributed by atoms with Crippen LogP contribution in [0.5, 0.6) is 0 Å².